The van der Waals surface area contributed by atoms with Crippen LogP contribution in [0.5, 0.6) is 0 Å². The van der Waals surface area contributed by atoms with Gasteiger partial charge in [-0.25, -0.2) is 4.98 Å². The zero-order chi connectivity index (χ0) is 20.1. The average molecular weight is 407 g/mol. The number of hydrogen-bond donors (Lipinski definition) is 0. The third-order valence-corrected chi connectivity index (χ3v) is 5.84. The summed E-state index contributed by atoms with van der Waals surface area (Å²) in [5, 5.41) is 9.45. The van der Waals surface area contributed by atoms with Gasteiger partial charge < -0.3 is 9.32 Å². The molecule has 1 aliphatic heterocycles. The van der Waals surface area contributed by atoms with E-state index in [9.17, 15) is 4.79 Å². The van der Waals surface area contributed by atoms with E-state index in [0.29, 0.717) is 16.5 Å². The van der Waals surface area contributed by atoms with Crippen LogP contribution in [-0.4, -0.2) is 52.6 Å². The smallest absolute Gasteiger partial charge is 0.257 e. The first-order chi connectivity index (χ1) is 14.2. The Balaban J connectivity index is 1.28. The molecule has 0 aliphatic carbocycles. The molecule has 0 bridgehead atoms. The SMILES string of the molecule is N#Cc1ccc(CN2CCCN(C(=O)CSc3nc4ccccc4o3)CC2)cc1. The first kappa shape index (κ1) is 19.5. The number of rotatable bonds is 5. The summed E-state index contributed by atoms with van der Waals surface area (Å²) < 4.78 is 5.68. The van der Waals surface area contributed by atoms with Gasteiger partial charge in [0.25, 0.3) is 5.22 Å². The van der Waals surface area contributed by atoms with Gasteiger partial charge in [-0.2, -0.15) is 5.26 Å². The number of fused-ring (bicyclic) bond motifs is 1. The van der Waals surface area contributed by atoms with Crippen LogP contribution in [0.25, 0.3) is 11.1 Å². The van der Waals surface area contributed by atoms with Crippen molar-refractivity contribution < 1.29 is 9.21 Å². The minimum absolute atomic E-state index is 0.123. The minimum atomic E-state index is 0.123. The van der Waals surface area contributed by atoms with Gasteiger partial charge in [0, 0.05) is 32.7 Å². The fourth-order valence-corrected chi connectivity index (χ4v) is 4.19. The van der Waals surface area contributed by atoms with Gasteiger partial charge in [-0.1, -0.05) is 36.0 Å². The number of oxazole rings is 1. The Bertz CT molecular complexity index is 992. The third kappa shape index (κ3) is 4.97. The van der Waals surface area contributed by atoms with Crippen molar-refractivity contribution in [2.24, 2.45) is 0 Å². The summed E-state index contributed by atoms with van der Waals surface area (Å²) in [5.74, 6) is 0.458. The first-order valence-electron chi connectivity index (χ1n) is 9.69. The Labute approximate surface area is 174 Å². The van der Waals surface area contributed by atoms with Crippen LogP contribution in [0.4, 0.5) is 0 Å². The largest absolute Gasteiger partial charge is 0.431 e. The zero-order valence-corrected chi connectivity index (χ0v) is 16.9. The van der Waals surface area contributed by atoms with Crippen molar-refractivity contribution in [2.75, 3.05) is 31.9 Å². The van der Waals surface area contributed by atoms with Crippen LogP contribution in [0.2, 0.25) is 0 Å². The summed E-state index contributed by atoms with van der Waals surface area (Å²) in [7, 11) is 0. The molecular weight excluding hydrogens is 384 g/mol. The lowest BCUT2D eigenvalue weighted by molar-refractivity contribution is -0.128. The van der Waals surface area contributed by atoms with Gasteiger partial charge in [0.15, 0.2) is 5.58 Å². The molecule has 0 saturated carbocycles. The summed E-state index contributed by atoms with van der Waals surface area (Å²) in [6.07, 6.45) is 0.954. The summed E-state index contributed by atoms with van der Waals surface area (Å²) >= 11 is 1.35. The van der Waals surface area contributed by atoms with E-state index in [-0.39, 0.29) is 5.91 Å². The Morgan fingerprint density at radius 1 is 1.10 bits per heavy atom. The van der Waals surface area contributed by atoms with Crippen molar-refractivity contribution in [3.8, 4) is 6.07 Å². The highest BCUT2D eigenvalue weighted by atomic mass is 32.2. The van der Waals surface area contributed by atoms with Crippen LogP contribution >= 0.6 is 11.8 Å². The number of carbonyl (C=O) groups is 1. The second-order valence-electron chi connectivity index (χ2n) is 7.06. The molecule has 2 aromatic carbocycles. The summed E-state index contributed by atoms with van der Waals surface area (Å²) in [6.45, 7) is 4.15. The molecule has 3 aromatic rings. The molecule has 7 heteroatoms. The second kappa shape index (κ2) is 9.12. The molecule has 0 N–H and O–H groups in total. The monoisotopic (exact) mass is 406 g/mol. The molecular formula is C22H22N4O2S. The van der Waals surface area contributed by atoms with Crippen molar-refractivity contribution >= 4 is 28.8 Å². The Kier molecular flexibility index (Phi) is 6.13. The van der Waals surface area contributed by atoms with Gasteiger partial charge in [0.2, 0.25) is 5.91 Å². The summed E-state index contributed by atoms with van der Waals surface area (Å²) in [6, 6.07) is 17.5. The maximum atomic E-state index is 12.7. The predicted octanol–water partition coefficient (Wildman–Crippen LogP) is 3.53. The average Bonchev–Trinajstić information content (AvgIpc) is 3.03. The third-order valence-electron chi connectivity index (χ3n) is 5.02. The fraction of sp³-hybridized carbons (Fsp3) is 0.318. The van der Waals surface area contributed by atoms with Crippen LogP contribution in [0.15, 0.2) is 58.2 Å². The molecule has 0 spiro atoms. The molecule has 0 radical (unpaired) electrons. The molecule has 6 nitrogen and oxygen atoms in total. The van der Waals surface area contributed by atoms with E-state index < -0.39 is 0 Å². The van der Waals surface area contributed by atoms with Crippen LogP contribution in [0.3, 0.4) is 0 Å². The maximum Gasteiger partial charge on any atom is 0.257 e. The lowest BCUT2D eigenvalue weighted by atomic mass is 10.1. The van der Waals surface area contributed by atoms with Crippen LogP contribution in [0, 0.1) is 11.3 Å². The van der Waals surface area contributed by atoms with Gasteiger partial charge in [-0.15, -0.1) is 0 Å². The van der Waals surface area contributed by atoms with Crippen molar-refractivity contribution in [2.45, 2.75) is 18.2 Å². The van der Waals surface area contributed by atoms with E-state index in [2.05, 4.69) is 16.0 Å². The van der Waals surface area contributed by atoms with E-state index in [1.54, 1.807) is 0 Å². The van der Waals surface area contributed by atoms with Crippen molar-refractivity contribution in [3.63, 3.8) is 0 Å². The van der Waals surface area contributed by atoms with Gasteiger partial charge in [0.1, 0.15) is 5.52 Å². The standard InChI is InChI=1S/C22H22N4O2S/c23-14-17-6-8-18(9-7-17)15-25-10-3-11-26(13-12-25)21(27)16-29-22-24-19-4-1-2-5-20(19)28-22/h1-2,4-9H,3,10-13,15-16H2. The minimum Gasteiger partial charge on any atom is -0.431 e. The number of aromatic nitrogens is 1. The highest BCUT2D eigenvalue weighted by molar-refractivity contribution is 7.99. The van der Waals surface area contributed by atoms with Crippen LogP contribution < -0.4 is 0 Å². The van der Waals surface area contributed by atoms with Gasteiger partial charge in [-0.05, 0) is 36.2 Å². The molecule has 29 heavy (non-hydrogen) atoms. The molecule has 0 atom stereocenters. The zero-order valence-electron chi connectivity index (χ0n) is 16.1. The van der Waals surface area contributed by atoms with E-state index >= 15 is 0 Å². The number of nitrogens with zero attached hydrogens (tertiary/aromatic N) is 4. The van der Waals surface area contributed by atoms with Crippen LogP contribution in [0.1, 0.15) is 17.5 Å². The van der Waals surface area contributed by atoms with E-state index in [0.717, 1.165) is 50.2 Å². The van der Waals surface area contributed by atoms with Gasteiger partial charge in [-0.3, -0.25) is 9.69 Å². The normalized spacial score (nSPS) is 15.2. The molecule has 1 amide bonds. The molecule has 4 rings (SSSR count). The molecule has 1 aromatic heterocycles. The maximum absolute atomic E-state index is 12.7. The molecule has 148 valence electrons. The number of thioether (sulfide) groups is 1. The number of amides is 1. The Morgan fingerprint density at radius 3 is 2.72 bits per heavy atom. The van der Waals surface area contributed by atoms with Gasteiger partial charge in [0.05, 0.1) is 17.4 Å². The topological polar surface area (TPSA) is 73.4 Å². The summed E-state index contributed by atoms with van der Waals surface area (Å²) in [5.41, 5.74) is 3.43. The predicted molar refractivity (Wildman–Crippen MR) is 112 cm³/mol. The van der Waals surface area contributed by atoms with E-state index in [1.165, 1.54) is 17.3 Å². The lowest BCUT2D eigenvalue weighted by Gasteiger charge is -2.22. The quantitative estimate of drug-likeness (QED) is 0.604. The number of nitriles is 1. The fourth-order valence-electron chi connectivity index (χ4n) is 3.45. The highest BCUT2D eigenvalue weighted by Gasteiger charge is 2.20. The van der Waals surface area contributed by atoms with E-state index in [4.69, 9.17) is 9.68 Å². The number of hydrogen-bond acceptors (Lipinski definition) is 6. The molecule has 1 aliphatic rings. The number of carbonyl (C=O) groups excluding carboxylic acids is 1. The lowest BCUT2D eigenvalue weighted by Crippen LogP contribution is -2.36. The van der Waals surface area contributed by atoms with Crippen molar-refractivity contribution in [1.29, 1.82) is 5.26 Å². The molecule has 1 saturated heterocycles. The number of para-hydroxylation sites is 2. The Morgan fingerprint density at radius 2 is 1.93 bits per heavy atom. The van der Waals surface area contributed by atoms with E-state index in [1.807, 2.05) is 53.4 Å². The van der Waals surface area contributed by atoms with Crippen LogP contribution in [-0.2, 0) is 11.3 Å². The van der Waals surface area contributed by atoms with Gasteiger partial charge >= 0.3 is 0 Å². The molecule has 1 fully saturated rings. The molecule has 0 unspecified atom stereocenters. The van der Waals surface area contributed by atoms with Crippen molar-refractivity contribution in [3.05, 3.63) is 59.7 Å². The highest BCUT2D eigenvalue weighted by Crippen LogP contribution is 2.23. The molecule has 2 heterocycles. The Hall–Kier alpha value is -2.82. The summed E-state index contributed by atoms with van der Waals surface area (Å²) in [4.78, 5) is 21.4. The number of benzene rings is 2. The van der Waals surface area contributed by atoms with Crippen molar-refractivity contribution in [1.82, 2.24) is 14.8 Å². The second-order valence-corrected chi connectivity index (χ2v) is 7.98. The first-order valence-corrected chi connectivity index (χ1v) is 10.7.